The quantitative estimate of drug-likeness (QED) is 0.496. The van der Waals surface area contributed by atoms with Crippen molar-refractivity contribution >= 4 is 19.7 Å². The molecule has 2 heterocycles. The molecule has 0 spiro atoms. The third-order valence-corrected chi connectivity index (χ3v) is 11.2. The van der Waals surface area contributed by atoms with Crippen LogP contribution in [0.5, 0.6) is 5.75 Å². The number of hydrogen-bond donors (Lipinski definition) is 0. The molecule has 0 radical (unpaired) electrons. The molecule has 36 heavy (non-hydrogen) atoms. The monoisotopic (exact) mass is 554 g/mol. The fourth-order valence-electron chi connectivity index (χ4n) is 4.98. The molecule has 1 saturated heterocycles. The molecule has 2 aromatic carbocycles. The van der Waals surface area contributed by atoms with Crippen molar-refractivity contribution in [2.45, 2.75) is 41.7 Å². The maximum Gasteiger partial charge on any atom is 0.416 e. The normalized spacial score (nSPS) is 24.5. The van der Waals surface area contributed by atoms with Crippen LogP contribution in [0.4, 0.5) is 22.0 Å². The number of fused-ring (bicyclic) bond motifs is 3. The summed E-state index contributed by atoms with van der Waals surface area (Å²) in [5.41, 5.74) is -1.64. The summed E-state index contributed by atoms with van der Waals surface area (Å²) in [7, 11) is -8.14. The van der Waals surface area contributed by atoms with Gasteiger partial charge in [-0.05, 0) is 49.2 Å². The molecule has 0 unspecified atom stereocenters. The first-order valence-corrected chi connectivity index (χ1v) is 14.4. The van der Waals surface area contributed by atoms with Crippen LogP contribution in [-0.2, 0) is 35.3 Å². The van der Waals surface area contributed by atoms with Gasteiger partial charge in [-0.3, -0.25) is 0 Å². The lowest BCUT2D eigenvalue weighted by molar-refractivity contribution is -0.137. The average molecular weight is 555 g/mol. The Kier molecular flexibility index (Phi) is 6.88. The second kappa shape index (κ2) is 9.25. The van der Waals surface area contributed by atoms with Gasteiger partial charge in [0.05, 0.1) is 34.5 Å². The first kappa shape index (κ1) is 26.8. The van der Waals surface area contributed by atoms with E-state index in [1.54, 1.807) is 0 Å². The molecular formula is C23H23F5O6S2. The molecule has 2 aromatic rings. The van der Waals surface area contributed by atoms with E-state index in [9.17, 15) is 34.4 Å². The maximum absolute atomic E-state index is 15.3. The summed E-state index contributed by atoms with van der Waals surface area (Å²) < 4.78 is 131. The van der Waals surface area contributed by atoms with E-state index in [2.05, 4.69) is 0 Å². The van der Waals surface area contributed by atoms with Gasteiger partial charge >= 0.3 is 6.18 Å². The fourth-order valence-corrected chi connectivity index (χ4v) is 8.21. The van der Waals surface area contributed by atoms with Crippen LogP contribution in [0.3, 0.4) is 0 Å². The molecule has 1 fully saturated rings. The molecule has 0 amide bonds. The summed E-state index contributed by atoms with van der Waals surface area (Å²) in [4.78, 5) is -0.515. The van der Waals surface area contributed by atoms with E-state index in [-0.39, 0.29) is 31.0 Å². The van der Waals surface area contributed by atoms with Crippen molar-refractivity contribution in [1.29, 1.82) is 0 Å². The summed E-state index contributed by atoms with van der Waals surface area (Å²) in [5, 5.41) is 0. The maximum atomic E-state index is 15.3. The Morgan fingerprint density at radius 3 is 2.25 bits per heavy atom. The molecule has 2 aliphatic heterocycles. The van der Waals surface area contributed by atoms with Crippen LogP contribution in [0.25, 0.3) is 0 Å². The molecule has 2 aliphatic rings. The zero-order valence-corrected chi connectivity index (χ0v) is 20.7. The number of alkyl halides is 3. The van der Waals surface area contributed by atoms with Gasteiger partial charge in [0.15, 0.2) is 21.4 Å². The fraction of sp³-hybridized carbons (Fsp3) is 0.478. The predicted octanol–water partition coefficient (Wildman–Crippen LogP) is 4.28. The van der Waals surface area contributed by atoms with Gasteiger partial charge in [-0.25, -0.2) is 25.6 Å². The van der Waals surface area contributed by atoms with E-state index in [1.165, 1.54) is 6.92 Å². The highest BCUT2D eigenvalue weighted by Crippen LogP contribution is 2.56. The van der Waals surface area contributed by atoms with Gasteiger partial charge in [0.25, 0.3) is 0 Å². The number of ether oxygens (including phenoxy) is 2. The van der Waals surface area contributed by atoms with Crippen molar-refractivity contribution in [3.63, 3.8) is 0 Å². The van der Waals surface area contributed by atoms with Gasteiger partial charge in [0.1, 0.15) is 20.4 Å². The van der Waals surface area contributed by atoms with E-state index in [0.29, 0.717) is 12.1 Å². The molecule has 198 valence electrons. The lowest BCUT2D eigenvalue weighted by atomic mass is 9.75. The van der Waals surface area contributed by atoms with Gasteiger partial charge in [0, 0.05) is 18.3 Å². The molecular weight excluding hydrogens is 531 g/mol. The van der Waals surface area contributed by atoms with E-state index in [0.717, 1.165) is 24.3 Å². The summed E-state index contributed by atoms with van der Waals surface area (Å²) in [6.45, 7) is 0.793. The molecule has 0 saturated carbocycles. The second-order valence-electron chi connectivity index (χ2n) is 8.75. The van der Waals surface area contributed by atoms with Crippen molar-refractivity contribution in [3.8, 4) is 5.75 Å². The Hall–Kier alpha value is -2.25. The van der Waals surface area contributed by atoms with Crippen LogP contribution < -0.4 is 4.74 Å². The van der Waals surface area contributed by atoms with Crippen LogP contribution >= 0.6 is 0 Å². The highest BCUT2D eigenvalue weighted by molar-refractivity contribution is 7.92. The van der Waals surface area contributed by atoms with Crippen LogP contribution in [0, 0.1) is 17.6 Å². The minimum Gasteiger partial charge on any atom is -0.490 e. The van der Waals surface area contributed by atoms with Gasteiger partial charge in [-0.2, -0.15) is 13.2 Å². The summed E-state index contributed by atoms with van der Waals surface area (Å²) in [6, 6.07) is 4.31. The SMILES string of the molecule is CCS(=O)(=O)CC[C@@H]1OCC[C@@]2(S(=O)(=O)c3ccc(C(F)(F)F)cc3)c3c(F)ccc(F)c3OC[C@@H]12. The Labute approximate surface area is 205 Å². The number of rotatable bonds is 6. The largest absolute Gasteiger partial charge is 0.490 e. The first-order valence-electron chi connectivity index (χ1n) is 11.1. The number of hydrogen-bond acceptors (Lipinski definition) is 6. The van der Waals surface area contributed by atoms with Gasteiger partial charge in [-0.15, -0.1) is 0 Å². The van der Waals surface area contributed by atoms with E-state index in [1.807, 2.05) is 0 Å². The highest BCUT2D eigenvalue weighted by Gasteiger charge is 2.61. The number of benzene rings is 2. The zero-order valence-electron chi connectivity index (χ0n) is 19.0. The Morgan fingerprint density at radius 1 is 1.00 bits per heavy atom. The molecule has 3 atom stereocenters. The summed E-state index contributed by atoms with van der Waals surface area (Å²) >= 11 is 0. The molecule has 0 N–H and O–H groups in total. The first-order chi connectivity index (χ1) is 16.7. The van der Waals surface area contributed by atoms with E-state index in [4.69, 9.17) is 9.47 Å². The van der Waals surface area contributed by atoms with Gasteiger partial charge in [0.2, 0.25) is 0 Å². The van der Waals surface area contributed by atoms with Crippen LogP contribution in [-0.4, -0.2) is 47.7 Å². The van der Waals surface area contributed by atoms with Crippen LogP contribution in [0.15, 0.2) is 41.3 Å². The van der Waals surface area contributed by atoms with Gasteiger partial charge in [-0.1, -0.05) is 6.92 Å². The van der Waals surface area contributed by atoms with E-state index >= 15 is 4.39 Å². The third kappa shape index (κ3) is 4.38. The molecule has 13 heteroatoms. The van der Waals surface area contributed by atoms with E-state index < -0.39 is 82.6 Å². The predicted molar refractivity (Wildman–Crippen MR) is 119 cm³/mol. The van der Waals surface area contributed by atoms with Crippen molar-refractivity contribution in [1.82, 2.24) is 0 Å². The van der Waals surface area contributed by atoms with Crippen molar-refractivity contribution < 1.29 is 48.3 Å². The highest BCUT2D eigenvalue weighted by atomic mass is 32.2. The number of sulfone groups is 2. The smallest absolute Gasteiger partial charge is 0.416 e. The molecule has 0 aliphatic carbocycles. The third-order valence-electron chi connectivity index (χ3n) is 6.87. The Balaban J connectivity index is 1.90. The minimum atomic E-state index is -4.71. The average Bonchev–Trinajstić information content (AvgIpc) is 2.83. The number of halogens is 5. The zero-order chi connectivity index (χ0) is 26.5. The van der Waals surface area contributed by atoms with Crippen LogP contribution in [0.1, 0.15) is 30.9 Å². The summed E-state index contributed by atoms with van der Waals surface area (Å²) in [5.74, 6) is -4.30. The molecule has 0 aromatic heterocycles. The molecule has 6 nitrogen and oxygen atoms in total. The Morgan fingerprint density at radius 2 is 1.64 bits per heavy atom. The van der Waals surface area contributed by atoms with Gasteiger partial charge < -0.3 is 9.47 Å². The van der Waals surface area contributed by atoms with Crippen molar-refractivity contribution in [2.24, 2.45) is 5.92 Å². The topological polar surface area (TPSA) is 86.7 Å². The standard InChI is InChI=1S/C23H23F5O6S2/c1-2-35(29,30)12-9-19-16-13-34-21-18(25)8-7-17(24)20(21)22(16,10-11-33-19)36(31,32)15-5-3-14(4-6-15)23(26,27)28/h3-8,16,19H,2,9-13H2,1H3/t16-,19-,22-/m0/s1. The lowest BCUT2D eigenvalue weighted by Gasteiger charge is -2.50. The van der Waals surface area contributed by atoms with Crippen LogP contribution in [0.2, 0.25) is 0 Å². The van der Waals surface area contributed by atoms with Crippen molar-refractivity contribution in [2.75, 3.05) is 24.7 Å². The van der Waals surface area contributed by atoms with Crippen molar-refractivity contribution in [3.05, 3.63) is 59.2 Å². The molecule has 4 rings (SSSR count). The lowest BCUT2D eigenvalue weighted by Crippen LogP contribution is -2.57. The summed E-state index contributed by atoms with van der Waals surface area (Å²) in [6.07, 6.45) is -6.19. The second-order valence-corrected chi connectivity index (χ2v) is 13.4. The molecule has 0 bridgehead atoms. The minimum absolute atomic E-state index is 0.124. The Bertz CT molecular complexity index is 1360.